The van der Waals surface area contributed by atoms with Gasteiger partial charge in [-0.05, 0) is 30.5 Å². The van der Waals surface area contributed by atoms with E-state index in [9.17, 15) is 40.3 Å². The SMILES string of the molecule is C[C@H](C[C@@H](F)Cn1ccc2cc(-c3ncc(C(F)F)cn3)c(F)cc2c1=O)Nc1cn[nH]c(=O)c1C(F)(F)F. The first-order valence-electron chi connectivity index (χ1n) is 11.3. The molecule has 2 atom stereocenters. The van der Waals surface area contributed by atoms with Crippen LogP contribution in [0.5, 0.6) is 0 Å². The van der Waals surface area contributed by atoms with Gasteiger partial charge in [-0.1, -0.05) is 0 Å². The summed E-state index contributed by atoms with van der Waals surface area (Å²) in [7, 11) is 0. The topological polar surface area (TPSA) is 106 Å². The lowest BCUT2D eigenvalue weighted by Gasteiger charge is -2.20. The van der Waals surface area contributed by atoms with Crippen LogP contribution in [0.15, 0.2) is 52.6 Å². The summed E-state index contributed by atoms with van der Waals surface area (Å²) in [6.07, 6.45) is -6.06. The number of benzene rings is 1. The molecule has 3 aromatic heterocycles. The number of alkyl halides is 6. The van der Waals surface area contributed by atoms with Crippen molar-refractivity contribution in [3.63, 3.8) is 0 Å². The number of anilines is 1. The third-order valence-corrected chi connectivity index (χ3v) is 5.77. The minimum absolute atomic E-state index is 0.0919. The van der Waals surface area contributed by atoms with Crippen LogP contribution in [0.4, 0.5) is 36.4 Å². The Morgan fingerprint density at radius 1 is 1.08 bits per heavy atom. The molecule has 0 bridgehead atoms. The largest absolute Gasteiger partial charge is 0.423 e. The minimum atomic E-state index is -4.97. The average molecular weight is 556 g/mol. The van der Waals surface area contributed by atoms with Gasteiger partial charge in [0.2, 0.25) is 0 Å². The van der Waals surface area contributed by atoms with E-state index in [2.05, 4.69) is 20.4 Å². The number of nitrogens with zero attached hydrogens (tertiary/aromatic N) is 4. The number of aromatic amines is 1. The average Bonchev–Trinajstić information content (AvgIpc) is 2.85. The monoisotopic (exact) mass is 556 g/mol. The third-order valence-electron chi connectivity index (χ3n) is 5.77. The molecule has 4 rings (SSSR count). The molecule has 4 aromatic rings. The van der Waals surface area contributed by atoms with E-state index < -0.39 is 65.1 Å². The van der Waals surface area contributed by atoms with Crippen LogP contribution in [-0.4, -0.2) is 36.9 Å². The van der Waals surface area contributed by atoms with Crippen molar-refractivity contribution in [1.82, 2.24) is 24.7 Å². The van der Waals surface area contributed by atoms with E-state index in [1.807, 2.05) is 0 Å². The number of aromatic nitrogens is 5. The highest BCUT2D eigenvalue weighted by atomic mass is 19.4. The zero-order chi connectivity index (χ0) is 28.5. The van der Waals surface area contributed by atoms with Crippen LogP contribution in [-0.2, 0) is 12.7 Å². The molecule has 206 valence electrons. The van der Waals surface area contributed by atoms with E-state index in [0.717, 1.165) is 29.2 Å². The molecule has 39 heavy (non-hydrogen) atoms. The lowest BCUT2D eigenvalue weighted by molar-refractivity contribution is -0.138. The van der Waals surface area contributed by atoms with E-state index in [1.54, 1.807) is 5.10 Å². The number of H-pyrrole nitrogens is 1. The Morgan fingerprint density at radius 3 is 2.41 bits per heavy atom. The van der Waals surface area contributed by atoms with Crippen molar-refractivity contribution in [1.29, 1.82) is 0 Å². The zero-order valence-electron chi connectivity index (χ0n) is 19.9. The van der Waals surface area contributed by atoms with Crippen molar-refractivity contribution >= 4 is 16.5 Å². The number of halogens is 7. The molecular formula is C24H19F7N6O2. The maximum Gasteiger partial charge on any atom is 0.423 e. The number of rotatable bonds is 8. The summed E-state index contributed by atoms with van der Waals surface area (Å²) >= 11 is 0. The second kappa shape index (κ2) is 10.8. The van der Waals surface area contributed by atoms with Crippen molar-refractivity contribution in [2.75, 3.05) is 5.32 Å². The van der Waals surface area contributed by atoms with Crippen molar-refractivity contribution in [3.8, 4) is 11.4 Å². The van der Waals surface area contributed by atoms with Gasteiger partial charge in [-0.25, -0.2) is 32.6 Å². The molecule has 0 spiro atoms. The predicted octanol–water partition coefficient (Wildman–Crippen LogP) is 4.87. The molecule has 0 aliphatic rings. The van der Waals surface area contributed by atoms with Crippen molar-refractivity contribution in [2.24, 2.45) is 0 Å². The van der Waals surface area contributed by atoms with Crippen molar-refractivity contribution < 1.29 is 30.7 Å². The first-order valence-corrected chi connectivity index (χ1v) is 11.3. The first-order chi connectivity index (χ1) is 18.3. The normalized spacial score (nSPS) is 13.6. The summed E-state index contributed by atoms with van der Waals surface area (Å²) in [6.45, 7) is 0.909. The second-order valence-corrected chi connectivity index (χ2v) is 8.70. The molecule has 1 aromatic carbocycles. The number of fused-ring (bicyclic) bond motifs is 1. The van der Waals surface area contributed by atoms with E-state index in [-0.39, 0.29) is 28.6 Å². The van der Waals surface area contributed by atoms with Gasteiger partial charge in [0.05, 0.1) is 34.9 Å². The van der Waals surface area contributed by atoms with E-state index in [1.165, 1.54) is 25.3 Å². The molecule has 2 N–H and O–H groups in total. The first kappa shape index (κ1) is 27.7. The Bertz CT molecular complexity index is 1600. The highest BCUT2D eigenvalue weighted by molar-refractivity contribution is 5.86. The highest BCUT2D eigenvalue weighted by Crippen LogP contribution is 2.32. The van der Waals surface area contributed by atoms with Crippen LogP contribution < -0.4 is 16.4 Å². The standard InChI is InChI=1S/C24H19F7N6O2/c1-11(35-18-9-34-36-22(38)19(18)24(29,30)31)4-14(25)10-37-3-2-12-5-16(17(26)6-15(12)23(37)39)21-32-7-13(8-33-21)20(27)28/h2-3,5-9,11,14,20H,4,10H2,1H3,(H2,35,36,38)/t11-,14-/m1/s1. The molecule has 0 radical (unpaired) electrons. The Balaban J connectivity index is 1.51. The van der Waals surface area contributed by atoms with Gasteiger partial charge in [-0.3, -0.25) is 9.59 Å². The van der Waals surface area contributed by atoms with Crippen LogP contribution in [0.2, 0.25) is 0 Å². The van der Waals surface area contributed by atoms with Gasteiger partial charge < -0.3 is 9.88 Å². The third kappa shape index (κ3) is 6.07. The maximum atomic E-state index is 14.8. The molecule has 0 amide bonds. The summed E-state index contributed by atoms with van der Waals surface area (Å²) in [6, 6.07) is 2.70. The van der Waals surface area contributed by atoms with E-state index in [4.69, 9.17) is 0 Å². The Kier molecular flexibility index (Phi) is 7.70. The molecule has 0 saturated heterocycles. The second-order valence-electron chi connectivity index (χ2n) is 8.70. The maximum absolute atomic E-state index is 14.8. The number of pyridine rings is 1. The summed E-state index contributed by atoms with van der Waals surface area (Å²) < 4.78 is 95.7. The lowest BCUT2D eigenvalue weighted by Crippen LogP contribution is -2.30. The molecule has 8 nitrogen and oxygen atoms in total. The fourth-order valence-corrected chi connectivity index (χ4v) is 4.00. The summed E-state index contributed by atoms with van der Waals surface area (Å²) in [5.41, 5.74) is -4.87. The molecule has 15 heteroatoms. The van der Waals surface area contributed by atoms with Gasteiger partial charge in [0.25, 0.3) is 17.5 Å². The highest BCUT2D eigenvalue weighted by Gasteiger charge is 2.37. The fourth-order valence-electron chi connectivity index (χ4n) is 4.00. The number of hydrogen-bond acceptors (Lipinski definition) is 6. The molecular weight excluding hydrogens is 537 g/mol. The van der Waals surface area contributed by atoms with Gasteiger partial charge in [-0.15, -0.1) is 0 Å². The smallest absolute Gasteiger partial charge is 0.381 e. The Morgan fingerprint density at radius 2 is 1.77 bits per heavy atom. The zero-order valence-corrected chi connectivity index (χ0v) is 19.9. The van der Waals surface area contributed by atoms with Gasteiger partial charge in [0.15, 0.2) is 5.82 Å². The van der Waals surface area contributed by atoms with E-state index in [0.29, 0.717) is 0 Å². The van der Waals surface area contributed by atoms with Gasteiger partial charge in [0.1, 0.15) is 17.6 Å². The summed E-state index contributed by atoms with van der Waals surface area (Å²) in [5.74, 6) is -1.07. The van der Waals surface area contributed by atoms with Crippen molar-refractivity contribution in [2.45, 2.75) is 44.7 Å². The number of nitrogens with one attached hydrogen (secondary N) is 2. The summed E-state index contributed by atoms with van der Waals surface area (Å²) in [5, 5.41) is 7.63. The Hall–Kier alpha value is -4.30. The quantitative estimate of drug-likeness (QED) is 0.300. The molecule has 0 unspecified atom stereocenters. The lowest BCUT2D eigenvalue weighted by atomic mass is 10.1. The van der Waals surface area contributed by atoms with Gasteiger partial charge >= 0.3 is 6.18 Å². The number of hydrogen-bond donors (Lipinski definition) is 2. The summed E-state index contributed by atoms with van der Waals surface area (Å²) in [4.78, 5) is 32.0. The fraction of sp³-hybridized carbons (Fsp3) is 0.292. The predicted molar refractivity (Wildman–Crippen MR) is 127 cm³/mol. The van der Waals surface area contributed by atoms with Crippen LogP contribution in [0.3, 0.4) is 0 Å². The molecule has 0 aliphatic carbocycles. The molecule has 0 aliphatic heterocycles. The molecule has 0 fully saturated rings. The van der Waals surface area contributed by atoms with Crippen molar-refractivity contribution in [3.05, 3.63) is 80.6 Å². The Labute approximate surface area is 214 Å². The van der Waals surface area contributed by atoms with Crippen LogP contribution in [0, 0.1) is 5.82 Å². The van der Waals surface area contributed by atoms with Crippen LogP contribution in [0.1, 0.15) is 30.9 Å². The van der Waals surface area contributed by atoms with E-state index >= 15 is 0 Å². The molecule has 0 saturated carbocycles. The molecule has 3 heterocycles. The van der Waals surface area contributed by atoms with Crippen LogP contribution in [0.25, 0.3) is 22.2 Å². The van der Waals surface area contributed by atoms with Crippen LogP contribution >= 0.6 is 0 Å². The van der Waals surface area contributed by atoms with Gasteiger partial charge in [-0.2, -0.15) is 18.3 Å². The van der Waals surface area contributed by atoms with Gasteiger partial charge in [0, 0.05) is 31.1 Å². The minimum Gasteiger partial charge on any atom is -0.381 e.